The van der Waals surface area contributed by atoms with Crippen LogP contribution in [0.1, 0.15) is 49.3 Å². The highest BCUT2D eigenvalue weighted by Crippen LogP contribution is 2.37. The van der Waals surface area contributed by atoms with Gasteiger partial charge in [0.15, 0.2) is 0 Å². The van der Waals surface area contributed by atoms with Gasteiger partial charge in [0.2, 0.25) is 0 Å². The minimum absolute atomic E-state index is 0.322. The van der Waals surface area contributed by atoms with Crippen molar-refractivity contribution in [2.45, 2.75) is 51.0 Å². The molecule has 0 bridgehead atoms. The minimum atomic E-state index is -0.712. The molecule has 1 aliphatic carbocycles. The zero-order valence-electron chi connectivity index (χ0n) is 11.8. The number of aliphatic hydroxyl groups is 1. The van der Waals surface area contributed by atoms with Crippen molar-refractivity contribution in [2.75, 3.05) is 13.2 Å². The Morgan fingerprint density at radius 1 is 1.11 bits per heavy atom. The number of ether oxygens (including phenoxy) is 1. The molecule has 2 aliphatic rings. The quantitative estimate of drug-likeness (QED) is 0.885. The zero-order chi connectivity index (χ0) is 13.3. The first kappa shape index (κ1) is 13.1. The fraction of sp³-hybridized carbons (Fsp3) is 0.647. The van der Waals surface area contributed by atoms with E-state index in [1.807, 2.05) is 6.92 Å². The predicted molar refractivity (Wildman–Crippen MR) is 76.2 cm³/mol. The molecule has 0 radical (unpaired) electrons. The number of hydrogen-bond acceptors (Lipinski definition) is 2. The largest absolute Gasteiger partial charge is 0.385 e. The first-order valence-electron chi connectivity index (χ1n) is 7.60. The molecular formula is C17H24O2. The highest BCUT2D eigenvalue weighted by Gasteiger charge is 2.35. The van der Waals surface area contributed by atoms with Crippen LogP contribution in [-0.2, 0) is 23.2 Å². The molecule has 1 aromatic carbocycles. The Balaban J connectivity index is 1.87. The molecule has 0 aromatic heterocycles. The van der Waals surface area contributed by atoms with Gasteiger partial charge in [-0.05, 0) is 68.1 Å². The van der Waals surface area contributed by atoms with E-state index in [1.54, 1.807) is 0 Å². The van der Waals surface area contributed by atoms with Gasteiger partial charge in [0.05, 0.1) is 5.60 Å². The number of benzene rings is 1. The van der Waals surface area contributed by atoms with Crippen molar-refractivity contribution in [3.05, 3.63) is 34.9 Å². The summed E-state index contributed by atoms with van der Waals surface area (Å²) >= 11 is 0. The summed E-state index contributed by atoms with van der Waals surface area (Å²) < 4.78 is 5.41. The normalized spacial score (nSPS) is 23.7. The highest BCUT2D eigenvalue weighted by molar-refractivity contribution is 5.36. The van der Waals surface area contributed by atoms with Gasteiger partial charge in [-0.25, -0.2) is 0 Å². The molecule has 1 aromatic rings. The van der Waals surface area contributed by atoms with Crippen molar-refractivity contribution in [3.63, 3.8) is 0 Å². The lowest BCUT2D eigenvalue weighted by Crippen LogP contribution is -2.36. The van der Waals surface area contributed by atoms with Gasteiger partial charge in [-0.15, -0.1) is 0 Å². The summed E-state index contributed by atoms with van der Waals surface area (Å²) in [5.74, 6) is 0.322. The van der Waals surface area contributed by atoms with E-state index in [0.29, 0.717) is 5.92 Å². The zero-order valence-corrected chi connectivity index (χ0v) is 11.8. The van der Waals surface area contributed by atoms with Gasteiger partial charge < -0.3 is 9.84 Å². The molecule has 1 N–H and O–H groups in total. The summed E-state index contributed by atoms with van der Waals surface area (Å²) in [5.41, 5.74) is 3.32. The Bertz CT molecular complexity index is 445. The molecule has 0 spiro atoms. The second kappa shape index (κ2) is 5.26. The molecule has 2 nitrogen and oxygen atoms in total. The fourth-order valence-electron chi connectivity index (χ4n) is 3.54. The number of aryl methyl sites for hydroxylation is 2. The van der Waals surface area contributed by atoms with Crippen LogP contribution in [0.5, 0.6) is 0 Å². The monoisotopic (exact) mass is 260 g/mol. The van der Waals surface area contributed by atoms with Crippen LogP contribution in [0.25, 0.3) is 0 Å². The lowest BCUT2D eigenvalue weighted by Gasteiger charge is -2.36. The van der Waals surface area contributed by atoms with Crippen molar-refractivity contribution < 1.29 is 9.84 Å². The van der Waals surface area contributed by atoms with Crippen LogP contribution in [0.15, 0.2) is 18.2 Å². The van der Waals surface area contributed by atoms with E-state index < -0.39 is 5.60 Å². The summed E-state index contributed by atoms with van der Waals surface area (Å²) in [6.07, 6.45) is 6.90. The molecule has 3 rings (SSSR count). The first-order valence-corrected chi connectivity index (χ1v) is 7.60. The average Bonchev–Trinajstić information content (AvgIpc) is 2.47. The van der Waals surface area contributed by atoms with E-state index in [9.17, 15) is 5.11 Å². The van der Waals surface area contributed by atoms with Crippen molar-refractivity contribution >= 4 is 0 Å². The molecule has 0 saturated carbocycles. The van der Waals surface area contributed by atoms with Crippen LogP contribution in [0.3, 0.4) is 0 Å². The van der Waals surface area contributed by atoms with Crippen molar-refractivity contribution in [1.29, 1.82) is 0 Å². The lowest BCUT2D eigenvalue weighted by molar-refractivity contribution is -0.0580. The third-order valence-corrected chi connectivity index (χ3v) is 4.95. The molecule has 2 heteroatoms. The summed E-state index contributed by atoms with van der Waals surface area (Å²) in [6, 6.07) is 6.63. The van der Waals surface area contributed by atoms with Crippen LogP contribution >= 0.6 is 0 Å². The van der Waals surface area contributed by atoms with Gasteiger partial charge >= 0.3 is 0 Å². The topological polar surface area (TPSA) is 29.5 Å². The molecule has 1 fully saturated rings. The summed E-state index contributed by atoms with van der Waals surface area (Å²) in [6.45, 7) is 3.55. The van der Waals surface area contributed by atoms with Gasteiger partial charge in [-0.1, -0.05) is 18.2 Å². The van der Waals surface area contributed by atoms with E-state index in [2.05, 4.69) is 18.2 Å². The fourth-order valence-corrected chi connectivity index (χ4v) is 3.54. The maximum absolute atomic E-state index is 11.0. The Morgan fingerprint density at radius 2 is 1.79 bits per heavy atom. The predicted octanol–water partition coefficient (Wildman–Crippen LogP) is 3.20. The molecular weight excluding hydrogens is 236 g/mol. The Labute approximate surface area is 115 Å². The van der Waals surface area contributed by atoms with Crippen LogP contribution in [0.2, 0.25) is 0 Å². The van der Waals surface area contributed by atoms with E-state index >= 15 is 0 Å². The summed E-state index contributed by atoms with van der Waals surface area (Å²) in [5, 5.41) is 11.0. The lowest BCUT2D eigenvalue weighted by atomic mass is 9.77. The molecule has 104 valence electrons. The summed E-state index contributed by atoms with van der Waals surface area (Å²) in [4.78, 5) is 0. The molecule has 0 amide bonds. The van der Waals surface area contributed by atoms with Crippen molar-refractivity contribution in [1.82, 2.24) is 0 Å². The smallest absolute Gasteiger partial charge is 0.0898 e. The van der Waals surface area contributed by atoms with Crippen LogP contribution in [0.4, 0.5) is 0 Å². The van der Waals surface area contributed by atoms with Crippen LogP contribution in [-0.4, -0.2) is 18.3 Å². The maximum atomic E-state index is 11.0. The summed E-state index contributed by atoms with van der Waals surface area (Å²) in [7, 11) is 0. The number of fused-ring (bicyclic) bond motifs is 1. The first-order chi connectivity index (χ1) is 9.18. The van der Waals surface area contributed by atoms with E-state index in [1.165, 1.54) is 36.8 Å². The van der Waals surface area contributed by atoms with Gasteiger partial charge in [0, 0.05) is 13.2 Å². The van der Waals surface area contributed by atoms with Crippen LogP contribution < -0.4 is 0 Å². The number of rotatable bonds is 2. The Morgan fingerprint density at radius 3 is 2.53 bits per heavy atom. The molecule has 1 atom stereocenters. The SMILES string of the molecule is CC(O)(c1ccc2c(c1)CCCC2)C1CCOCC1. The second-order valence-electron chi connectivity index (χ2n) is 6.22. The van der Waals surface area contributed by atoms with E-state index in [4.69, 9.17) is 4.74 Å². The molecule has 1 aliphatic heterocycles. The Hall–Kier alpha value is -0.860. The van der Waals surface area contributed by atoms with Gasteiger partial charge in [-0.3, -0.25) is 0 Å². The van der Waals surface area contributed by atoms with Crippen LogP contribution in [0, 0.1) is 5.92 Å². The average molecular weight is 260 g/mol. The van der Waals surface area contributed by atoms with Gasteiger partial charge in [0.25, 0.3) is 0 Å². The van der Waals surface area contributed by atoms with E-state index in [-0.39, 0.29) is 0 Å². The third kappa shape index (κ3) is 2.56. The van der Waals surface area contributed by atoms with Gasteiger partial charge in [-0.2, -0.15) is 0 Å². The Kier molecular flexibility index (Phi) is 3.64. The third-order valence-electron chi connectivity index (χ3n) is 4.95. The standard InChI is InChI=1S/C17H24O2/c1-17(18,15-8-10-19-11-9-15)16-7-6-13-4-2-3-5-14(13)12-16/h6-7,12,15,18H,2-5,8-11H2,1H3. The molecule has 1 unspecified atom stereocenters. The van der Waals surface area contributed by atoms with Gasteiger partial charge in [0.1, 0.15) is 0 Å². The van der Waals surface area contributed by atoms with Crippen molar-refractivity contribution in [2.24, 2.45) is 5.92 Å². The minimum Gasteiger partial charge on any atom is -0.385 e. The van der Waals surface area contributed by atoms with E-state index in [0.717, 1.165) is 31.6 Å². The maximum Gasteiger partial charge on any atom is 0.0898 e. The second-order valence-corrected chi connectivity index (χ2v) is 6.22. The molecule has 1 heterocycles. The van der Waals surface area contributed by atoms with Crippen molar-refractivity contribution in [3.8, 4) is 0 Å². The number of hydrogen-bond donors (Lipinski definition) is 1. The molecule has 19 heavy (non-hydrogen) atoms. The molecule has 1 saturated heterocycles. The highest BCUT2D eigenvalue weighted by atomic mass is 16.5.